The van der Waals surface area contributed by atoms with Crippen LogP contribution in [0, 0.1) is 27.7 Å². The highest BCUT2D eigenvalue weighted by atomic mass is 16.2. The van der Waals surface area contributed by atoms with Crippen LogP contribution >= 0.6 is 0 Å². The van der Waals surface area contributed by atoms with Crippen molar-refractivity contribution >= 4 is 22.6 Å². The fourth-order valence-electron chi connectivity index (χ4n) is 3.30. The van der Waals surface area contributed by atoms with Crippen molar-refractivity contribution in [1.29, 1.82) is 0 Å². The molecular weight excluding hydrogens is 352 g/mol. The molecule has 0 aliphatic heterocycles. The summed E-state index contributed by atoms with van der Waals surface area (Å²) in [5.41, 5.74) is 5.35. The number of rotatable bonds is 3. The summed E-state index contributed by atoms with van der Waals surface area (Å²) in [5.74, 6) is 0.835. The van der Waals surface area contributed by atoms with Gasteiger partial charge in [0.05, 0.1) is 17.4 Å². The van der Waals surface area contributed by atoms with Gasteiger partial charge in [0.2, 0.25) is 0 Å². The molecule has 3 aromatic heterocycles. The molecule has 1 amide bonds. The molecule has 0 saturated heterocycles. The molecule has 3 heterocycles. The van der Waals surface area contributed by atoms with Crippen LogP contribution in [-0.2, 0) is 0 Å². The molecule has 28 heavy (non-hydrogen) atoms. The molecule has 4 rings (SSSR count). The highest BCUT2D eigenvalue weighted by molar-refractivity contribution is 6.02. The molecule has 1 aromatic carbocycles. The molecule has 4 aromatic rings. The Morgan fingerprint density at radius 3 is 2.57 bits per heavy atom. The van der Waals surface area contributed by atoms with E-state index in [0.29, 0.717) is 11.6 Å². The lowest BCUT2D eigenvalue weighted by Gasteiger charge is -2.12. The Hall–Kier alpha value is -3.61. The third-order valence-corrected chi connectivity index (χ3v) is 4.53. The van der Waals surface area contributed by atoms with E-state index in [1.54, 1.807) is 10.7 Å². The second kappa shape index (κ2) is 6.84. The fourth-order valence-corrected chi connectivity index (χ4v) is 3.30. The monoisotopic (exact) mass is 372 g/mol. The van der Waals surface area contributed by atoms with Crippen LogP contribution in [0.5, 0.6) is 0 Å². The third-order valence-electron chi connectivity index (χ3n) is 4.53. The summed E-state index contributed by atoms with van der Waals surface area (Å²) in [5, 5.41) is 8.50. The number of nitrogens with zero attached hydrogens (tertiary/aromatic N) is 5. The molecule has 7 nitrogen and oxygen atoms in total. The Labute approximate surface area is 162 Å². The predicted molar refractivity (Wildman–Crippen MR) is 108 cm³/mol. The first-order chi connectivity index (χ1) is 13.4. The summed E-state index contributed by atoms with van der Waals surface area (Å²) in [6, 6.07) is 8.03. The highest BCUT2D eigenvalue weighted by Crippen LogP contribution is 2.26. The number of pyridine rings is 1. The molecule has 0 aliphatic carbocycles. The van der Waals surface area contributed by atoms with Crippen LogP contribution < -0.4 is 5.32 Å². The molecular formula is C21H20N6O. The molecule has 140 valence electrons. The maximum Gasteiger partial charge on any atom is 0.277 e. The second-order valence-corrected chi connectivity index (χ2v) is 6.90. The van der Waals surface area contributed by atoms with Crippen molar-refractivity contribution in [1.82, 2.24) is 24.7 Å². The quantitative estimate of drug-likeness (QED) is 0.593. The Bertz CT molecular complexity index is 1200. The van der Waals surface area contributed by atoms with Crippen molar-refractivity contribution < 1.29 is 4.79 Å². The van der Waals surface area contributed by atoms with E-state index in [0.717, 1.165) is 27.7 Å². The van der Waals surface area contributed by atoms with E-state index in [9.17, 15) is 4.79 Å². The normalized spacial score (nSPS) is 11.0. The number of carbonyl (C=O) groups excluding carboxylic acids is 1. The molecule has 0 fully saturated rings. The van der Waals surface area contributed by atoms with Gasteiger partial charge in [-0.05, 0) is 51.0 Å². The average molecular weight is 372 g/mol. The van der Waals surface area contributed by atoms with Crippen molar-refractivity contribution in [2.75, 3.05) is 5.32 Å². The van der Waals surface area contributed by atoms with Crippen molar-refractivity contribution in [3.8, 4) is 5.82 Å². The van der Waals surface area contributed by atoms with Crippen molar-refractivity contribution in [3.05, 3.63) is 70.9 Å². The largest absolute Gasteiger partial charge is 0.305 e. The van der Waals surface area contributed by atoms with Gasteiger partial charge >= 0.3 is 0 Å². The number of fused-ring (bicyclic) bond motifs is 1. The standard InChI is InChI=1S/C21H20N6O/c1-12-7-14(3)20-16(8-12)13(2)9-18(24-20)27-19(10-15(4)26-27)25-21(28)17-11-22-5-6-23-17/h5-11H,1-4H3,(H,25,28). The highest BCUT2D eigenvalue weighted by Gasteiger charge is 2.16. The van der Waals surface area contributed by atoms with Crippen LogP contribution in [0.15, 0.2) is 42.9 Å². The van der Waals surface area contributed by atoms with Crippen LogP contribution in [0.25, 0.3) is 16.7 Å². The van der Waals surface area contributed by atoms with Gasteiger partial charge in [0, 0.05) is 23.8 Å². The number of hydrogen-bond donors (Lipinski definition) is 1. The first-order valence-corrected chi connectivity index (χ1v) is 8.95. The van der Waals surface area contributed by atoms with Gasteiger partial charge in [-0.2, -0.15) is 9.78 Å². The predicted octanol–water partition coefficient (Wildman–Crippen LogP) is 3.70. The zero-order valence-electron chi connectivity index (χ0n) is 16.2. The minimum absolute atomic E-state index is 0.238. The van der Waals surface area contributed by atoms with Crippen LogP contribution in [0.2, 0.25) is 0 Å². The zero-order valence-corrected chi connectivity index (χ0v) is 16.2. The lowest BCUT2D eigenvalue weighted by molar-refractivity contribution is 0.102. The van der Waals surface area contributed by atoms with Gasteiger partial charge in [0.15, 0.2) is 5.82 Å². The molecule has 0 atom stereocenters. The molecule has 7 heteroatoms. The van der Waals surface area contributed by atoms with Crippen LogP contribution in [0.4, 0.5) is 5.82 Å². The van der Waals surface area contributed by atoms with E-state index in [2.05, 4.69) is 53.3 Å². The lowest BCUT2D eigenvalue weighted by atomic mass is 10.0. The number of carbonyl (C=O) groups is 1. The third kappa shape index (κ3) is 3.22. The van der Waals surface area contributed by atoms with E-state index >= 15 is 0 Å². The zero-order chi connectivity index (χ0) is 19.8. The van der Waals surface area contributed by atoms with Gasteiger partial charge in [-0.1, -0.05) is 11.6 Å². The summed E-state index contributed by atoms with van der Waals surface area (Å²) in [6.45, 7) is 8.06. The van der Waals surface area contributed by atoms with Gasteiger partial charge in [0.1, 0.15) is 11.5 Å². The van der Waals surface area contributed by atoms with Crippen molar-refractivity contribution in [2.24, 2.45) is 0 Å². The number of anilines is 1. The van der Waals surface area contributed by atoms with Gasteiger partial charge in [0.25, 0.3) is 5.91 Å². The number of nitrogens with one attached hydrogen (secondary N) is 1. The molecule has 0 radical (unpaired) electrons. The van der Waals surface area contributed by atoms with Crippen LogP contribution in [-0.4, -0.2) is 30.6 Å². The Morgan fingerprint density at radius 2 is 1.82 bits per heavy atom. The number of aromatic nitrogens is 5. The summed E-state index contributed by atoms with van der Waals surface area (Å²) in [4.78, 5) is 25.3. The van der Waals surface area contributed by atoms with Gasteiger partial charge < -0.3 is 5.32 Å². The number of hydrogen-bond acceptors (Lipinski definition) is 5. The minimum atomic E-state index is -0.349. The molecule has 0 bridgehead atoms. The topological polar surface area (TPSA) is 85.6 Å². The lowest BCUT2D eigenvalue weighted by Crippen LogP contribution is -2.17. The Balaban J connectivity index is 1.79. The van der Waals surface area contributed by atoms with E-state index in [-0.39, 0.29) is 11.6 Å². The van der Waals surface area contributed by atoms with Gasteiger partial charge in [-0.3, -0.25) is 9.78 Å². The molecule has 0 unspecified atom stereocenters. The van der Waals surface area contributed by atoms with E-state index < -0.39 is 0 Å². The maximum absolute atomic E-state index is 12.5. The minimum Gasteiger partial charge on any atom is -0.305 e. The first-order valence-electron chi connectivity index (χ1n) is 8.95. The first kappa shape index (κ1) is 17.8. The summed E-state index contributed by atoms with van der Waals surface area (Å²) < 4.78 is 1.65. The number of aryl methyl sites for hydroxylation is 4. The summed E-state index contributed by atoms with van der Waals surface area (Å²) in [7, 11) is 0. The molecule has 1 N–H and O–H groups in total. The summed E-state index contributed by atoms with van der Waals surface area (Å²) in [6.07, 6.45) is 4.43. The second-order valence-electron chi connectivity index (χ2n) is 6.90. The Kier molecular flexibility index (Phi) is 4.35. The van der Waals surface area contributed by atoms with E-state index in [1.165, 1.54) is 24.2 Å². The van der Waals surface area contributed by atoms with Crippen molar-refractivity contribution in [3.63, 3.8) is 0 Å². The van der Waals surface area contributed by atoms with Crippen LogP contribution in [0.1, 0.15) is 32.9 Å². The SMILES string of the molecule is Cc1cc(C)c2nc(-n3nc(C)cc3NC(=O)c3cnccn3)cc(C)c2c1. The van der Waals surface area contributed by atoms with Crippen molar-refractivity contribution in [2.45, 2.75) is 27.7 Å². The summed E-state index contributed by atoms with van der Waals surface area (Å²) >= 11 is 0. The van der Waals surface area contributed by atoms with Gasteiger partial charge in [-0.15, -0.1) is 0 Å². The maximum atomic E-state index is 12.5. The van der Waals surface area contributed by atoms with Crippen LogP contribution in [0.3, 0.4) is 0 Å². The fraction of sp³-hybridized carbons (Fsp3) is 0.190. The number of benzene rings is 1. The molecule has 0 aliphatic rings. The average Bonchev–Trinajstić information content (AvgIpc) is 3.03. The van der Waals surface area contributed by atoms with Gasteiger partial charge in [-0.25, -0.2) is 9.97 Å². The molecule has 0 saturated carbocycles. The van der Waals surface area contributed by atoms with E-state index in [1.807, 2.05) is 13.0 Å². The van der Waals surface area contributed by atoms with E-state index in [4.69, 9.17) is 4.98 Å². The molecule has 0 spiro atoms. The number of amides is 1. The Morgan fingerprint density at radius 1 is 1.00 bits per heavy atom. The smallest absolute Gasteiger partial charge is 0.277 e.